The molecule has 1 aromatic carbocycles. The van der Waals surface area contributed by atoms with Crippen LogP contribution in [-0.2, 0) is 14.3 Å². The standard InChI is InChI=1S/C18H20N4O4/c1-3-17(23)21-15-6-13-8-19-11-20-14(13)7-16(15)25-5-4-22-9-12(2)26-18(24)10-22/h3,6-8,11-12H,1,4-5,9-10H2,2H3,(H,21,23)/t12-/m0/s1. The summed E-state index contributed by atoms with van der Waals surface area (Å²) < 4.78 is 11.0. The third-order valence-electron chi connectivity index (χ3n) is 3.91. The SMILES string of the molecule is C=CC(=O)Nc1cc2cncnc2cc1OCCN1CC(=O)O[C@@H](C)C1. The molecule has 1 aliphatic heterocycles. The summed E-state index contributed by atoms with van der Waals surface area (Å²) >= 11 is 0. The van der Waals surface area contributed by atoms with Gasteiger partial charge in [0.15, 0.2) is 0 Å². The smallest absolute Gasteiger partial charge is 0.320 e. The van der Waals surface area contributed by atoms with Crippen LogP contribution >= 0.6 is 0 Å². The number of rotatable bonds is 6. The zero-order chi connectivity index (χ0) is 18.5. The van der Waals surface area contributed by atoms with Crippen molar-refractivity contribution in [2.75, 3.05) is 31.6 Å². The van der Waals surface area contributed by atoms with Crippen molar-refractivity contribution in [2.45, 2.75) is 13.0 Å². The maximum absolute atomic E-state index is 11.7. The normalized spacial score (nSPS) is 17.6. The van der Waals surface area contributed by atoms with Gasteiger partial charge in [0.2, 0.25) is 5.91 Å². The first kappa shape index (κ1) is 17.8. The molecule has 0 aliphatic carbocycles. The fourth-order valence-electron chi connectivity index (χ4n) is 2.78. The Balaban J connectivity index is 1.72. The molecule has 1 saturated heterocycles. The van der Waals surface area contributed by atoms with Gasteiger partial charge >= 0.3 is 5.97 Å². The van der Waals surface area contributed by atoms with Gasteiger partial charge in [0.1, 0.15) is 24.8 Å². The summed E-state index contributed by atoms with van der Waals surface area (Å²) in [6.45, 7) is 7.15. The predicted octanol–water partition coefficient (Wildman–Crippen LogP) is 1.38. The molecule has 0 unspecified atom stereocenters. The topological polar surface area (TPSA) is 93.6 Å². The van der Waals surface area contributed by atoms with Crippen LogP contribution in [0.25, 0.3) is 10.9 Å². The molecule has 0 spiro atoms. The van der Waals surface area contributed by atoms with E-state index in [0.29, 0.717) is 36.6 Å². The van der Waals surface area contributed by atoms with Gasteiger partial charge in [-0.25, -0.2) is 9.97 Å². The fraction of sp³-hybridized carbons (Fsp3) is 0.333. The Hall–Kier alpha value is -3.00. The summed E-state index contributed by atoms with van der Waals surface area (Å²) in [7, 11) is 0. The number of esters is 1. The van der Waals surface area contributed by atoms with Crippen molar-refractivity contribution >= 4 is 28.5 Å². The average Bonchev–Trinajstić information content (AvgIpc) is 2.61. The number of hydrogen-bond acceptors (Lipinski definition) is 7. The van der Waals surface area contributed by atoms with Gasteiger partial charge in [-0.1, -0.05) is 6.58 Å². The zero-order valence-corrected chi connectivity index (χ0v) is 14.5. The predicted molar refractivity (Wildman–Crippen MR) is 95.9 cm³/mol. The summed E-state index contributed by atoms with van der Waals surface area (Å²) in [5, 5.41) is 3.51. The second kappa shape index (κ2) is 7.92. The van der Waals surface area contributed by atoms with Gasteiger partial charge in [-0.3, -0.25) is 14.5 Å². The number of morpholine rings is 1. The van der Waals surface area contributed by atoms with E-state index in [2.05, 4.69) is 21.9 Å². The molecule has 1 N–H and O–H groups in total. The van der Waals surface area contributed by atoms with Crippen LogP contribution in [0.2, 0.25) is 0 Å². The zero-order valence-electron chi connectivity index (χ0n) is 14.5. The number of ether oxygens (including phenoxy) is 2. The van der Waals surface area contributed by atoms with E-state index in [-0.39, 0.29) is 24.5 Å². The van der Waals surface area contributed by atoms with E-state index in [0.717, 1.165) is 5.39 Å². The number of nitrogens with one attached hydrogen (secondary N) is 1. The Morgan fingerprint density at radius 1 is 1.54 bits per heavy atom. The molecule has 2 heterocycles. The molecule has 1 atom stereocenters. The van der Waals surface area contributed by atoms with E-state index in [1.807, 2.05) is 11.8 Å². The van der Waals surface area contributed by atoms with E-state index in [1.165, 1.54) is 12.4 Å². The number of carbonyl (C=O) groups excluding carboxylic acids is 2. The molecule has 1 aliphatic rings. The molecule has 8 heteroatoms. The summed E-state index contributed by atoms with van der Waals surface area (Å²) in [5.41, 5.74) is 1.23. The highest BCUT2D eigenvalue weighted by Crippen LogP contribution is 2.29. The molecule has 26 heavy (non-hydrogen) atoms. The quantitative estimate of drug-likeness (QED) is 0.617. The van der Waals surface area contributed by atoms with Crippen LogP contribution in [0.1, 0.15) is 6.92 Å². The number of hydrogen-bond donors (Lipinski definition) is 1. The van der Waals surface area contributed by atoms with Crippen molar-refractivity contribution in [3.05, 3.63) is 37.3 Å². The Morgan fingerprint density at radius 2 is 2.38 bits per heavy atom. The molecule has 1 amide bonds. The summed E-state index contributed by atoms with van der Waals surface area (Å²) in [4.78, 5) is 33.3. The Morgan fingerprint density at radius 3 is 3.15 bits per heavy atom. The summed E-state index contributed by atoms with van der Waals surface area (Å²) in [6.07, 6.45) is 4.18. The first-order chi connectivity index (χ1) is 12.5. The van der Waals surface area contributed by atoms with Crippen LogP contribution in [0.15, 0.2) is 37.3 Å². The highest BCUT2D eigenvalue weighted by molar-refractivity contribution is 6.01. The molecule has 2 aromatic rings. The minimum Gasteiger partial charge on any atom is -0.490 e. The molecule has 3 rings (SSSR count). The lowest BCUT2D eigenvalue weighted by Crippen LogP contribution is -2.45. The highest BCUT2D eigenvalue weighted by atomic mass is 16.5. The largest absolute Gasteiger partial charge is 0.490 e. The van der Waals surface area contributed by atoms with Gasteiger partial charge in [-0.15, -0.1) is 0 Å². The number of benzene rings is 1. The number of nitrogens with zero attached hydrogens (tertiary/aromatic N) is 3. The Labute approximate surface area is 150 Å². The van der Waals surface area contributed by atoms with Crippen LogP contribution in [0.3, 0.4) is 0 Å². The number of cyclic esters (lactones) is 1. The molecular formula is C18H20N4O4. The van der Waals surface area contributed by atoms with Crippen molar-refractivity contribution in [1.29, 1.82) is 0 Å². The second-order valence-electron chi connectivity index (χ2n) is 6.01. The van der Waals surface area contributed by atoms with Crippen molar-refractivity contribution in [2.24, 2.45) is 0 Å². The van der Waals surface area contributed by atoms with Crippen LogP contribution in [-0.4, -0.2) is 59.1 Å². The van der Waals surface area contributed by atoms with E-state index in [1.54, 1.807) is 18.3 Å². The number of carbonyl (C=O) groups is 2. The number of amides is 1. The van der Waals surface area contributed by atoms with Crippen LogP contribution < -0.4 is 10.1 Å². The number of anilines is 1. The van der Waals surface area contributed by atoms with Gasteiger partial charge in [-0.2, -0.15) is 0 Å². The third kappa shape index (κ3) is 4.34. The van der Waals surface area contributed by atoms with Crippen LogP contribution in [0.5, 0.6) is 5.75 Å². The van der Waals surface area contributed by atoms with Gasteiger partial charge in [-0.05, 0) is 19.1 Å². The van der Waals surface area contributed by atoms with Crippen molar-refractivity contribution < 1.29 is 19.1 Å². The van der Waals surface area contributed by atoms with Crippen molar-refractivity contribution in [3.8, 4) is 5.75 Å². The molecule has 0 bridgehead atoms. The molecule has 8 nitrogen and oxygen atoms in total. The molecular weight excluding hydrogens is 336 g/mol. The monoisotopic (exact) mass is 356 g/mol. The fourth-order valence-corrected chi connectivity index (χ4v) is 2.78. The molecule has 0 radical (unpaired) electrons. The minimum absolute atomic E-state index is 0.129. The van der Waals surface area contributed by atoms with Crippen molar-refractivity contribution in [3.63, 3.8) is 0 Å². The Bertz CT molecular complexity index is 839. The van der Waals surface area contributed by atoms with E-state index in [9.17, 15) is 9.59 Å². The maximum Gasteiger partial charge on any atom is 0.320 e. The first-order valence-corrected chi connectivity index (χ1v) is 8.27. The lowest BCUT2D eigenvalue weighted by atomic mass is 10.2. The van der Waals surface area contributed by atoms with Gasteiger partial charge in [0.25, 0.3) is 0 Å². The maximum atomic E-state index is 11.7. The first-order valence-electron chi connectivity index (χ1n) is 8.27. The molecule has 1 fully saturated rings. The summed E-state index contributed by atoms with van der Waals surface area (Å²) in [6, 6.07) is 3.51. The van der Waals surface area contributed by atoms with E-state index in [4.69, 9.17) is 9.47 Å². The number of fused-ring (bicyclic) bond motifs is 1. The van der Waals surface area contributed by atoms with Gasteiger partial charge in [0, 0.05) is 30.7 Å². The molecule has 136 valence electrons. The number of aromatic nitrogens is 2. The van der Waals surface area contributed by atoms with Gasteiger partial charge in [0.05, 0.1) is 17.7 Å². The summed E-state index contributed by atoms with van der Waals surface area (Å²) in [5.74, 6) is -0.0669. The van der Waals surface area contributed by atoms with Crippen molar-refractivity contribution in [1.82, 2.24) is 14.9 Å². The van der Waals surface area contributed by atoms with Crippen LogP contribution in [0.4, 0.5) is 5.69 Å². The third-order valence-corrected chi connectivity index (χ3v) is 3.91. The highest BCUT2D eigenvalue weighted by Gasteiger charge is 2.23. The Kier molecular flexibility index (Phi) is 5.43. The van der Waals surface area contributed by atoms with Crippen LogP contribution in [0, 0.1) is 0 Å². The molecule has 0 saturated carbocycles. The molecule has 1 aromatic heterocycles. The second-order valence-corrected chi connectivity index (χ2v) is 6.01. The average molecular weight is 356 g/mol. The minimum atomic E-state index is -0.335. The van der Waals surface area contributed by atoms with E-state index < -0.39 is 0 Å². The van der Waals surface area contributed by atoms with Gasteiger partial charge < -0.3 is 14.8 Å². The lowest BCUT2D eigenvalue weighted by Gasteiger charge is -2.30. The lowest BCUT2D eigenvalue weighted by molar-refractivity contribution is -0.157. The van der Waals surface area contributed by atoms with E-state index >= 15 is 0 Å².